The smallest absolute Gasteiger partial charge is 0.236 e. The fraction of sp³-hybridized carbons (Fsp3) is 0.143. The predicted octanol–water partition coefficient (Wildman–Crippen LogP) is 2.94. The number of sulfonamides is 1. The zero-order valence-corrected chi connectivity index (χ0v) is 10.9. The van der Waals surface area contributed by atoms with Crippen molar-refractivity contribution >= 4 is 15.7 Å². The third-order valence-corrected chi connectivity index (χ3v) is 3.85. The van der Waals surface area contributed by atoms with Crippen LogP contribution in [0, 0.1) is 6.92 Å². The van der Waals surface area contributed by atoms with E-state index in [9.17, 15) is 8.42 Å². The van der Waals surface area contributed by atoms with Crippen LogP contribution < -0.4 is 4.72 Å². The van der Waals surface area contributed by atoms with E-state index in [2.05, 4.69) is 4.72 Å². The monoisotopic (exact) mass is 261 g/mol. The first-order valence-electron chi connectivity index (χ1n) is 5.67. The van der Waals surface area contributed by atoms with Gasteiger partial charge in [-0.2, -0.15) is 0 Å². The highest BCUT2D eigenvalue weighted by Crippen LogP contribution is 2.16. The van der Waals surface area contributed by atoms with Crippen molar-refractivity contribution < 1.29 is 8.42 Å². The van der Waals surface area contributed by atoms with Crippen LogP contribution in [0.15, 0.2) is 54.6 Å². The fourth-order valence-electron chi connectivity index (χ4n) is 1.68. The second-order valence-electron chi connectivity index (χ2n) is 4.16. The van der Waals surface area contributed by atoms with Crippen LogP contribution in [0.25, 0.3) is 0 Å². The molecule has 94 valence electrons. The van der Waals surface area contributed by atoms with Crippen LogP contribution in [0.2, 0.25) is 0 Å². The van der Waals surface area contributed by atoms with Gasteiger partial charge in [0.2, 0.25) is 10.0 Å². The minimum atomic E-state index is -3.36. The van der Waals surface area contributed by atoms with Gasteiger partial charge in [-0.05, 0) is 24.1 Å². The minimum absolute atomic E-state index is 0.0117. The van der Waals surface area contributed by atoms with Gasteiger partial charge in [-0.25, -0.2) is 8.42 Å². The topological polar surface area (TPSA) is 46.2 Å². The number of rotatable bonds is 4. The lowest BCUT2D eigenvalue weighted by molar-refractivity contribution is 0.600. The molecule has 0 unspecified atom stereocenters. The van der Waals surface area contributed by atoms with Crippen LogP contribution in [-0.2, 0) is 15.8 Å². The Morgan fingerprint density at radius 3 is 2.22 bits per heavy atom. The van der Waals surface area contributed by atoms with Crippen LogP contribution in [0.3, 0.4) is 0 Å². The zero-order valence-electron chi connectivity index (χ0n) is 10.1. The van der Waals surface area contributed by atoms with Gasteiger partial charge in [0.05, 0.1) is 11.4 Å². The third kappa shape index (κ3) is 3.34. The molecule has 2 aromatic rings. The molecule has 0 saturated carbocycles. The van der Waals surface area contributed by atoms with Crippen LogP contribution >= 0.6 is 0 Å². The maximum absolute atomic E-state index is 12.0. The molecule has 4 heteroatoms. The Balaban J connectivity index is 2.16. The van der Waals surface area contributed by atoms with Crippen molar-refractivity contribution in [1.29, 1.82) is 0 Å². The van der Waals surface area contributed by atoms with Crippen molar-refractivity contribution in [3.8, 4) is 0 Å². The van der Waals surface area contributed by atoms with E-state index in [4.69, 9.17) is 0 Å². The predicted molar refractivity (Wildman–Crippen MR) is 73.9 cm³/mol. The molecule has 0 amide bonds. The molecule has 0 atom stereocenters. The summed E-state index contributed by atoms with van der Waals surface area (Å²) in [5.41, 5.74) is 2.32. The molecular formula is C14H15NO2S. The van der Waals surface area contributed by atoms with E-state index in [1.165, 1.54) is 0 Å². The first-order valence-corrected chi connectivity index (χ1v) is 7.32. The van der Waals surface area contributed by atoms with Crippen LogP contribution in [-0.4, -0.2) is 8.42 Å². The second kappa shape index (κ2) is 5.23. The van der Waals surface area contributed by atoms with Crippen molar-refractivity contribution in [2.75, 3.05) is 4.72 Å². The summed E-state index contributed by atoms with van der Waals surface area (Å²) in [4.78, 5) is 0. The Morgan fingerprint density at radius 1 is 0.944 bits per heavy atom. The molecule has 0 aliphatic heterocycles. The highest BCUT2D eigenvalue weighted by molar-refractivity contribution is 7.91. The molecule has 0 aliphatic rings. The van der Waals surface area contributed by atoms with Crippen LogP contribution in [0.5, 0.6) is 0 Å². The van der Waals surface area contributed by atoms with Gasteiger partial charge in [0.15, 0.2) is 0 Å². The van der Waals surface area contributed by atoms with Crippen molar-refractivity contribution in [1.82, 2.24) is 0 Å². The van der Waals surface area contributed by atoms with E-state index in [0.29, 0.717) is 5.69 Å². The highest BCUT2D eigenvalue weighted by Gasteiger charge is 2.12. The normalized spacial score (nSPS) is 11.2. The van der Waals surface area contributed by atoms with Gasteiger partial charge in [-0.15, -0.1) is 0 Å². The van der Waals surface area contributed by atoms with Gasteiger partial charge < -0.3 is 0 Å². The summed E-state index contributed by atoms with van der Waals surface area (Å²) < 4.78 is 26.6. The maximum atomic E-state index is 12.0. The fourth-order valence-corrected chi connectivity index (χ4v) is 2.95. The number of benzene rings is 2. The van der Waals surface area contributed by atoms with Crippen molar-refractivity contribution in [3.05, 3.63) is 65.7 Å². The van der Waals surface area contributed by atoms with Gasteiger partial charge in [0.1, 0.15) is 0 Å². The molecule has 0 saturated heterocycles. The third-order valence-electron chi connectivity index (χ3n) is 2.61. The van der Waals surface area contributed by atoms with Gasteiger partial charge >= 0.3 is 0 Å². The number of nitrogens with one attached hydrogen (secondary N) is 1. The molecule has 1 N–H and O–H groups in total. The molecule has 0 aromatic heterocycles. The molecule has 0 heterocycles. The molecule has 0 fully saturated rings. The minimum Gasteiger partial charge on any atom is -0.283 e. The summed E-state index contributed by atoms with van der Waals surface area (Å²) in [7, 11) is -3.36. The summed E-state index contributed by atoms with van der Waals surface area (Å²) >= 11 is 0. The number of para-hydroxylation sites is 1. The Labute approximate surface area is 108 Å². The summed E-state index contributed by atoms with van der Waals surface area (Å²) in [6, 6.07) is 16.5. The highest BCUT2D eigenvalue weighted by atomic mass is 32.2. The van der Waals surface area contributed by atoms with E-state index in [0.717, 1.165) is 11.1 Å². The Hall–Kier alpha value is -1.81. The summed E-state index contributed by atoms with van der Waals surface area (Å²) in [5, 5.41) is 0. The summed E-state index contributed by atoms with van der Waals surface area (Å²) in [6.45, 7) is 1.88. The van der Waals surface area contributed by atoms with Crippen molar-refractivity contribution in [2.24, 2.45) is 0 Å². The van der Waals surface area contributed by atoms with E-state index >= 15 is 0 Å². The number of hydrogen-bond donors (Lipinski definition) is 1. The Morgan fingerprint density at radius 2 is 1.56 bits per heavy atom. The molecule has 0 spiro atoms. The van der Waals surface area contributed by atoms with Gasteiger partial charge in [0, 0.05) is 0 Å². The van der Waals surface area contributed by atoms with Gasteiger partial charge in [-0.1, -0.05) is 48.5 Å². The Bertz CT molecular complexity index is 621. The lowest BCUT2D eigenvalue weighted by Gasteiger charge is -2.10. The van der Waals surface area contributed by atoms with Crippen molar-refractivity contribution in [2.45, 2.75) is 12.7 Å². The zero-order chi connectivity index (χ0) is 13.0. The SMILES string of the molecule is Cc1ccccc1NS(=O)(=O)Cc1ccccc1. The first kappa shape index (κ1) is 12.6. The van der Waals surface area contributed by atoms with Crippen molar-refractivity contribution in [3.63, 3.8) is 0 Å². The average molecular weight is 261 g/mol. The lowest BCUT2D eigenvalue weighted by Crippen LogP contribution is -2.15. The molecule has 2 aromatic carbocycles. The average Bonchev–Trinajstić information content (AvgIpc) is 2.32. The molecule has 18 heavy (non-hydrogen) atoms. The van der Waals surface area contributed by atoms with Gasteiger partial charge in [-0.3, -0.25) is 4.72 Å². The molecule has 3 nitrogen and oxygen atoms in total. The maximum Gasteiger partial charge on any atom is 0.236 e. The number of anilines is 1. The molecule has 0 aliphatic carbocycles. The van der Waals surface area contributed by atoms with Gasteiger partial charge in [0.25, 0.3) is 0 Å². The standard InChI is InChI=1S/C14H15NO2S/c1-12-7-5-6-10-14(12)15-18(16,17)11-13-8-3-2-4-9-13/h2-10,15H,11H2,1H3. The molecule has 0 bridgehead atoms. The first-order chi connectivity index (χ1) is 8.57. The number of aryl methyl sites for hydroxylation is 1. The summed E-state index contributed by atoms with van der Waals surface area (Å²) in [5.74, 6) is -0.0117. The van der Waals surface area contributed by atoms with E-state index in [1.807, 2.05) is 43.3 Å². The van der Waals surface area contributed by atoms with E-state index in [-0.39, 0.29) is 5.75 Å². The van der Waals surface area contributed by atoms with Crippen LogP contribution in [0.4, 0.5) is 5.69 Å². The molecular weight excluding hydrogens is 246 g/mol. The lowest BCUT2D eigenvalue weighted by atomic mass is 10.2. The van der Waals surface area contributed by atoms with Crippen LogP contribution in [0.1, 0.15) is 11.1 Å². The van der Waals surface area contributed by atoms with E-state index < -0.39 is 10.0 Å². The largest absolute Gasteiger partial charge is 0.283 e. The number of hydrogen-bond acceptors (Lipinski definition) is 2. The van der Waals surface area contributed by atoms with E-state index in [1.54, 1.807) is 18.2 Å². The molecule has 2 rings (SSSR count). The summed E-state index contributed by atoms with van der Waals surface area (Å²) in [6.07, 6.45) is 0. The second-order valence-corrected chi connectivity index (χ2v) is 5.88. The molecule has 0 radical (unpaired) electrons. The Kier molecular flexibility index (Phi) is 3.67. The quantitative estimate of drug-likeness (QED) is 0.919.